The van der Waals surface area contributed by atoms with Gasteiger partial charge in [-0.15, -0.1) is 0 Å². The first-order chi connectivity index (χ1) is 8.50. The van der Waals surface area contributed by atoms with Crippen LogP contribution in [0.5, 0.6) is 0 Å². The normalized spacial score (nSPS) is 39.2. The molecule has 3 rings (SSSR count). The average molecular weight is 246 g/mol. The molecule has 0 amide bonds. The largest absolute Gasteiger partial charge is 0.461 e. The average Bonchev–Trinajstić information content (AvgIpc) is 2.68. The summed E-state index contributed by atoms with van der Waals surface area (Å²) in [5.74, 6) is 0.246. The van der Waals surface area contributed by atoms with Gasteiger partial charge in [0.15, 0.2) is 5.78 Å². The van der Waals surface area contributed by atoms with Crippen LogP contribution in [0.15, 0.2) is 22.8 Å². The van der Waals surface area contributed by atoms with Crippen molar-refractivity contribution in [3.05, 3.63) is 22.8 Å². The number of ketones is 1. The van der Waals surface area contributed by atoms with Gasteiger partial charge in [0.25, 0.3) is 0 Å². The Hall–Kier alpha value is -1.38. The van der Waals surface area contributed by atoms with Crippen molar-refractivity contribution in [3.8, 4) is 0 Å². The number of hydrogen-bond donors (Lipinski definition) is 0. The van der Waals surface area contributed by atoms with Gasteiger partial charge >= 0.3 is 5.97 Å². The smallest absolute Gasteiger partial charge is 0.309 e. The van der Waals surface area contributed by atoms with E-state index in [-0.39, 0.29) is 35.6 Å². The van der Waals surface area contributed by atoms with Gasteiger partial charge in [0.2, 0.25) is 0 Å². The van der Waals surface area contributed by atoms with Gasteiger partial charge in [0, 0.05) is 17.4 Å². The Labute approximate surface area is 107 Å². The highest BCUT2D eigenvalue weighted by atomic mass is 16.6. The van der Waals surface area contributed by atoms with E-state index in [1.807, 2.05) is 20.8 Å². The quantitative estimate of drug-likeness (QED) is 0.616. The summed E-state index contributed by atoms with van der Waals surface area (Å²) < 4.78 is 5.57. The molecule has 3 heteroatoms. The highest BCUT2D eigenvalue weighted by Gasteiger charge is 2.50. The number of carbonyl (C=O) groups excluding carboxylic acids is 2. The second-order valence-corrected chi connectivity index (χ2v) is 5.82. The predicted molar refractivity (Wildman–Crippen MR) is 66.7 cm³/mol. The number of hydrogen-bond acceptors (Lipinski definition) is 3. The summed E-state index contributed by atoms with van der Waals surface area (Å²) in [5.41, 5.74) is 3.12. The van der Waals surface area contributed by atoms with Gasteiger partial charge in [-0.2, -0.15) is 0 Å². The SMILES string of the molecule is CC1=CC(=O)C2=C(C)CC[C@@H]3[C@H](OC(=O)[C@@H]3C)[C@@H]12. The Kier molecular flexibility index (Phi) is 2.47. The van der Waals surface area contributed by atoms with E-state index >= 15 is 0 Å². The maximum absolute atomic E-state index is 12.1. The van der Waals surface area contributed by atoms with Gasteiger partial charge in [0.05, 0.1) is 5.92 Å². The van der Waals surface area contributed by atoms with Crippen molar-refractivity contribution in [2.24, 2.45) is 17.8 Å². The van der Waals surface area contributed by atoms with Crippen molar-refractivity contribution in [2.45, 2.75) is 39.7 Å². The number of fused-ring (bicyclic) bond motifs is 3. The third-order valence-electron chi connectivity index (χ3n) is 4.76. The van der Waals surface area contributed by atoms with Gasteiger partial charge in [-0.1, -0.05) is 18.1 Å². The molecule has 0 spiro atoms. The van der Waals surface area contributed by atoms with E-state index in [1.54, 1.807) is 6.08 Å². The van der Waals surface area contributed by atoms with Crippen molar-refractivity contribution < 1.29 is 14.3 Å². The number of carbonyl (C=O) groups is 2. The minimum Gasteiger partial charge on any atom is -0.461 e. The third-order valence-corrected chi connectivity index (χ3v) is 4.76. The first kappa shape index (κ1) is 11.7. The van der Waals surface area contributed by atoms with E-state index in [1.165, 1.54) is 5.57 Å². The van der Waals surface area contributed by atoms with Gasteiger partial charge in [-0.3, -0.25) is 9.59 Å². The van der Waals surface area contributed by atoms with E-state index in [2.05, 4.69) is 0 Å². The molecule has 1 aliphatic heterocycles. The van der Waals surface area contributed by atoms with E-state index in [0.29, 0.717) is 0 Å². The molecule has 18 heavy (non-hydrogen) atoms. The summed E-state index contributed by atoms with van der Waals surface area (Å²) in [6.07, 6.45) is 3.44. The van der Waals surface area contributed by atoms with Crippen LogP contribution in [0.4, 0.5) is 0 Å². The van der Waals surface area contributed by atoms with Crippen LogP contribution in [-0.2, 0) is 14.3 Å². The summed E-state index contributed by atoms with van der Waals surface area (Å²) in [5, 5.41) is 0. The minimum absolute atomic E-state index is 0.0129. The fourth-order valence-electron chi connectivity index (χ4n) is 3.69. The van der Waals surface area contributed by atoms with Crippen molar-refractivity contribution in [2.75, 3.05) is 0 Å². The highest BCUT2D eigenvalue weighted by Crippen LogP contribution is 2.47. The van der Waals surface area contributed by atoms with Crippen LogP contribution in [0, 0.1) is 17.8 Å². The monoisotopic (exact) mass is 246 g/mol. The van der Waals surface area contributed by atoms with Crippen molar-refractivity contribution >= 4 is 11.8 Å². The first-order valence-corrected chi connectivity index (χ1v) is 6.63. The zero-order chi connectivity index (χ0) is 13.0. The lowest BCUT2D eigenvalue weighted by Crippen LogP contribution is -2.28. The Bertz CT molecular complexity index is 498. The molecule has 4 atom stereocenters. The number of ether oxygens (including phenoxy) is 1. The van der Waals surface area contributed by atoms with Gasteiger partial charge in [0.1, 0.15) is 6.10 Å². The Morgan fingerprint density at radius 1 is 1.28 bits per heavy atom. The topological polar surface area (TPSA) is 43.4 Å². The zero-order valence-corrected chi connectivity index (χ0v) is 11.0. The van der Waals surface area contributed by atoms with Crippen LogP contribution in [-0.4, -0.2) is 17.9 Å². The molecule has 0 saturated carbocycles. The molecule has 1 saturated heterocycles. The molecule has 0 aromatic rings. The van der Waals surface area contributed by atoms with E-state index in [0.717, 1.165) is 24.0 Å². The van der Waals surface area contributed by atoms with Crippen LogP contribution in [0.3, 0.4) is 0 Å². The lowest BCUT2D eigenvalue weighted by atomic mass is 9.81. The molecule has 3 nitrogen and oxygen atoms in total. The molecular formula is C15H18O3. The molecule has 0 aromatic heterocycles. The maximum Gasteiger partial charge on any atom is 0.309 e. The minimum atomic E-state index is -0.123. The molecule has 1 fully saturated rings. The third kappa shape index (κ3) is 1.43. The fourth-order valence-corrected chi connectivity index (χ4v) is 3.69. The number of allylic oxidation sites excluding steroid dienone is 2. The molecule has 1 heterocycles. The lowest BCUT2D eigenvalue weighted by molar-refractivity contribution is -0.144. The fraction of sp³-hybridized carbons (Fsp3) is 0.600. The summed E-state index contributed by atoms with van der Waals surface area (Å²) in [7, 11) is 0. The van der Waals surface area contributed by atoms with E-state index in [4.69, 9.17) is 4.74 Å². The molecule has 0 N–H and O–H groups in total. The Balaban J connectivity index is 2.07. The molecule has 0 bridgehead atoms. The van der Waals surface area contributed by atoms with Crippen molar-refractivity contribution in [1.82, 2.24) is 0 Å². The Morgan fingerprint density at radius 3 is 2.72 bits per heavy atom. The molecule has 3 aliphatic rings. The van der Waals surface area contributed by atoms with Crippen LogP contribution < -0.4 is 0 Å². The first-order valence-electron chi connectivity index (χ1n) is 6.63. The van der Waals surface area contributed by atoms with Crippen LogP contribution >= 0.6 is 0 Å². The highest BCUT2D eigenvalue weighted by molar-refractivity contribution is 6.09. The summed E-state index contributed by atoms with van der Waals surface area (Å²) in [6, 6.07) is 0. The standard InChI is InChI=1S/C15H18O3/c1-7-4-5-10-9(3)15(17)18-14(10)13-8(2)6-11(16)12(7)13/h6,9-10,13-14H,4-5H2,1-3H3/t9-,10+,13+,14+/m1/s1. The molecule has 2 aliphatic carbocycles. The summed E-state index contributed by atoms with van der Waals surface area (Å²) in [6.45, 7) is 5.96. The second-order valence-electron chi connectivity index (χ2n) is 5.82. The second kappa shape index (κ2) is 3.81. The molecule has 96 valence electrons. The van der Waals surface area contributed by atoms with Gasteiger partial charge in [-0.25, -0.2) is 0 Å². The lowest BCUT2D eigenvalue weighted by Gasteiger charge is -2.24. The van der Waals surface area contributed by atoms with E-state index in [9.17, 15) is 9.59 Å². The van der Waals surface area contributed by atoms with Gasteiger partial charge < -0.3 is 4.74 Å². The number of rotatable bonds is 0. The summed E-state index contributed by atoms with van der Waals surface area (Å²) >= 11 is 0. The Morgan fingerprint density at radius 2 is 2.00 bits per heavy atom. The maximum atomic E-state index is 12.1. The van der Waals surface area contributed by atoms with Crippen molar-refractivity contribution in [1.29, 1.82) is 0 Å². The van der Waals surface area contributed by atoms with E-state index < -0.39 is 0 Å². The van der Waals surface area contributed by atoms with Crippen LogP contribution in [0.2, 0.25) is 0 Å². The molecular weight excluding hydrogens is 228 g/mol. The molecule has 0 unspecified atom stereocenters. The summed E-state index contributed by atoms with van der Waals surface area (Å²) in [4.78, 5) is 23.8. The molecule has 0 aromatic carbocycles. The predicted octanol–water partition coefficient (Wildman–Crippen LogP) is 2.42. The van der Waals surface area contributed by atoms with Crippen molar-refractivity contribution in [3.63, 3.8) is 0 Å². The van der Waals surface area contributed by atoms with Gasteiger partial charge in [-0.05, 0) is 32.8 Å². The number of esters is 1. The molecule has 0 radical (unpaired) electrons. The van der Waals surface area contributed by atoms with Crippen LogP contribution in [0.25, 0.3) is 0 Å². The zero-order valence-electron chi connectivity index (χ0n) is 11.0. The van der Waals surface area contributed by atoms with Crippen LogP contribution in [0.1, 0.15) is 33.6 Å².